The van der Waals surface area contributed by atoms with Crippen molar-refractivity contribution in [3.05, 3.63) is 29.3 Å². The molecule has 1 aromatic heterocycles. The molecule has 0 bridgehead atoms. The van der Waals surface area contributed by atoms with E-state index in [1.807, 2.05) is 25.7 Å². The van der Waals surface area contributed by atoms with Crippen LogP contribution in [0.4, 0.5) is 0 Å². The first-order valence-corrected chi connectivity index (χ1v) is 9.91. The minimum atomic E-state index is -0.224. The Morgan fingerprint density at radius 1 is 1.23 bits per heavy atom. The van der Waals surface area contributed by atoms with E-state index < -0.39 is 0 Å². The van der Waals surface area contributed by atoms with Crippen LogP contribution in [0.3, 0.4) is 0 Å². The molecule has 1 atom stereocenters. The second-order valence-electron chi connectivity index (χ2n) is 6.68. The van der Waals surface area contributed by atoms with Gasteiger partial charge in [-0.3, -0.25) is 4.79 Å². The summed E-state index contributed by atoms with van der Waals surface area (Å²) in [5.41, 5.74) is 3.20. The summed E-state index contributed by atoms with van der Waals surface area (Å²) in [5.74, 6) is 0.154. The van der Waals surface area contributed by atoms with Crippen LogP contribution >= 0.6 is 11.8 Å². The Hall–Kier alpha value is -1.93. The minimum Gasteiger partial charge on any atom is -0.339 e. The minimum absolute atomic E-state index is 0.154. The summed E-state index contributed by atoms with van der Waals surface area (Å²) in [6.07, 6.45) is 0. The van der Waals surface area contributed by atoms with E-state index in [4.69, 9.17) is 0 Å². The highest BCUT2D eigenvalue weighted by molar-refractivity contribution is 8.00. The number of piperazine rings is 1. The number of thioether (sulfide) groups is 1. The second kappa shape index (κ2) is 8.18. The van der Waals surface area contributed by atoms with Crippen molar-refractivity contribution >= 4 is 17.7 Å². The average Bonchev–Trinajstić information content (AvgIpc) is 3.11. The highest BCUT2D eigenvalue weighted by atomic mass is 32.2. The average molecular weight is 375 g/mol. The number of amides is 1. The highest BCUT2D eigenvalue weighted by Gasteiger charge is 2.26. The maximum absolute atomic E-state index is 12.8. The number of nitrogens with zero attached hydrogens (tertiary/aromatic N) is 6. The zero-order valence-corrected chi connectivity index (χ0v) is 16.7. The van der Waals surface area contributed by atoms with Gasteiger partial charge < -0.3 is 9.80 Å². The molecular formula is C18H26N6OS. The molecule has 26 heavy (non-hydrogen) atoms. The number of likely N-dealkylation sites (N-methyl/N-ethyl adjacent to an activating group) is 1. The van der Waals surface area contributed by atoms with Gasteiger partial charge in [-0.2, -0.15) is 4.68 Å². The molecule has 0 aliphatic carbocycles. The standard InChI is InChI=1S/C18H26N6OS/c1-5-22-8-10-23(11-9-22)17(25)15(4)26-18-19-20-21-24(18)16-12-13(2)6-7-14(16)3/h6-7,12,15H,5,8-11H2,1-4H3/t15-/m0/s1. The van der Waals surface area contributed by atoms with Crippen LogP contribution in [0, 0.1) is 13.8 Å². The molecule has 8 heteroatoms. The fourth-order valence-corrected chi connectivity index (χ4v) is 3.99. The summed E-state index contributed by atoms with van der Waals surface area (Å²) in [6.45, 7) is 12.7. The number of carbonyl (C=O) groups is 1. The third-order valence-electron chi connectivity index (χ3n) is 4.79. The second-order valence-corrected chi connectivity index (χ2v) is 7.99. The summed E-state index contributed by atoms with van der Waals surface area (Å²) in [4.78, 5) is 17.1. The molecular weight excluding hydrogens is 348 g/mol. The number of hydrogen-bond acceptors (Lipinski definition) is 6. The first-order chi connectivity index (χ1) is 12.5. The van der Waals surface area contributed by atoms with Gasteiger partial charge in [-0.25, -0.2) is 0 Å². The molecule has 1 fully saturated rings. The number of tetrazole rings is 1. The molecule has 1 amide bonds. The van der Waals surface area contributed by atoms with Gasteiger partial charge in [-0.05, 0) is 54.9 Å². The Labute approximate surface area is 158 Å². The van der Waals surface area contributed by atoms with Crippen molar-refractivity contribution in [1.29, 1.82) is 0 Å². The van der Waals surface area contributed by atoms with Crippen molar-refractivity contribution < 1.29 is 4.79 Å². The van der Waals surface area contributed by atoms with E-state index in [9.17, 15) is 4.79 Å². The van der Waals surface area contributed by atoms with Crippen molar-refractivity contribution in [1.82, 2.24) is 30.0 Å². The lowest BCUT2D eigenvalue weighted by Gasteiger charge is -2.35. The SMILES string of the molecule is CCN1CCN(C(=O)[C@H](C)Sc2nnnn2-c2cc(C)ccc2C)CC1. The molecule has 0 saturated carbocycles. The van der Waals surface area contributed by atoms with Crippen LogP contribution < -0.4 is 0 Å². The Bertz CT molecular complexity index is 769. The summed E-state index contributed by atoms with van der Waals surface area (Å²) >= 11 is 1.42. The van der Waals surface area contributed by atoms with Gasteiger partial charge in [-0.15, -0.1) is 5.10 Å². The smallest absolute Gasteiger partial charge is 0.235 e. The van der Waals surface area contributed by atoms with Crippen LogP contribution in [0.15, 0.2) is 23.4 Å². The molecule has 140 valence electrons. The monoisotopic (exact) mass is 374 g/mol. The largest absolute Gasteiger partial charge is 0.339 e. The number of aromatic nitrogens is 4. The Morgan fingerprint density at radius 3 is 2.65 bits per heavy atom. The Morgan fingerprint density at radius 2 is 1.96 bits per heavy atom. The van der Waals surface area contributed by atoms with Crippen molar-refractivity contribution in [2.24, 2.45) is 0 Å². The third kappa shape index (κ3) is 4.07. The zero-order valence-electron chi connectivity index (χ0n) is 15.8. The number of rotatable bonds is 5. The quantitative estimate of drug-likeness (QED) is 0.745. The van der Waals surface area contributed by atoms with Gasteiger partial charge in [0.25, 0.3) is 0 Å². The molecule has 1 saturated heterocycles. The summed E-state index contributed by atoms with van der Waals surface area (Å²) in [6, 6.07) is 6.19. The van der Waals surface area contributed by atoms with E-state index in [-0.39, 0.29) is 11.2 Å². The fourth-order valence-electron chi connectivity index (χ4n) is 3.10. The van der Waals surface area contributed by atoms with Crippen molar-refractivity contribution in [3.63, 3.8) is 0 Å². The third-order valence-corrected chi connectivity index (χ3v) is 5.82. The van der Waals surface area contributed by atoms with E-state index >= 15 is 0 Å². The number of aryl methyl sites for hydroxylation is 2. The van der Waals surface area contributed by atoms with Crippen LogP contribution in [-0.2, 0) is 4.79 Å². The summed E-state index contributed by atoms with van der Waals surface area (Å²) in [5, 5.41) is 12.5. The first-order valence-electron chi connectivity index (χ1n) is 9.03. The van der Waals surface area contributed by atoms with Gasteiger partial charge in [-0.1, -0.05) is 30.8 Å². The van der Waals surface area contributed by atoms with Crippen LogP contribution in [-0.4, -0.2) is 73.9 Å². The fraction of sp³-hybridized carbons (Fsp3) is 0.556. The van der Waals surface area contributed by atoms with E-state index in [0.29, 0.717) is 5.16 Å². The summed E-state index contributed by atoms with van der Waals surface area (Å²) in [7, 11) is 0. The number of benzene rings is 1. The molecule has 2 heterocycles. The lowest BCUT2D eigenvalue weighted by atomic mass is 10.1. The topological polar surface area (TPSA) is 67.2 Å². The predicted octanol–water partition coefficient (Wildman–Crippen LogP) is 1.92. The predicted molar refractivity (Wildman–Crippen MR) is 103 cm³/mol. The number of hydrogen-bond donors (Lipinski definition) is 0. The van der Waals surface area contributed by atoms with Gasteiger partial charge in [0.2, 0.25) is 11.1 Å². The molecule has 1 aromatic carbocycles. The first kappa shape index (κ1) is 18.8. The van der Waals surface area contributed by atoms with E-state index in [1.54, 1.807) is 4.68 Å². The maximum Gasteiger partial charge on any atom is 0.235 e. The van der Waals surface area contributed by atoms with Gasteiger partial charge in [0.15, 0.2) is 0 Å². The highest BCUT2D eigenvalue weighted by Crippen LogP contribution is 2.26. The van der Waals surface area contributed by atoms with Crippen LogP contribution in [0.2, 0.25) is 0 Å². The van der Waals surface area contributed by atoms with E-state index in [1.165, 1.54) is 11.8 Å². The van der Waals surface area contributed by atoms with Gasteiger partial charge >= 0.3 is 0 Å². The molecule has 0 unspecified atom stereocenters. The zero-order chi connectivity index (χ0) is 18.7. The molecule has 7 nitrogen and oxygen atoms in total. The van der Waals surface area contributed by atoms with Gasteiger partial charge in [0.05, 0.1) is 10.9 Å². The van der Waals surface area contributed by atoms with E-state index in [0.717, 1.165) is 49.5 Å². The normalized spacial score (nSPS) is 16.7. The summed E-state index contributed by atoms with van der Waals surface area (Å²) < 4.78 is 1.73. The van der Waals surface area contributed by atoms with E-state index in [2.05, 4.69) is 45.5 Å². The lowest BCUT2D eigenvalue weighted by Crippen LogP contribution is -2.50. The molecule has 1 aliphatic heterocycles. The molecule has 0 N–H and O–H groups in total. The molecule has 0 radical (unpaired) electrons. The van der Waals surface area contributed by atoms with Gasteiger partial charge in [0, 0.05) is 26.2 Å². The van der Waals surface area contributed by atoms with Crippen molar-refractivity contribution in [2.45, 2.75) is 38.1 Å². The maximum atomic E-state index is 12.8. The van der Waals surface area contributed by atoms with Crippen molar-refractivity contribution in [2.75, 3.05) is 32.7 Å². The molecule has 2 aromatic rings. The van der Waals surface area contributed by atoms with Crippen molar-refractivity contribution in [3.8, 4) is 5.69 Å². The van der Waals surface area contributed by atoms with Crippen LogP contribution in [0.25, 0.3) is 5.69 Å². The van der Waals surface area contributed by atoms with Gasteiger partial charge in [0.1, 0.15) is 0 Å². The Kier molecular flexibility index (Phi) is 5.93. The number of carbonyl (C=O) groups excluding carboxylic acids is 1. The molecule has 3 rings (SSSR count). The van der Waals surface area contributed by atoms with Crippen LogP contribution in [0.5, 0.6) is 0 Å². The molecule has 0 spiro atoms. The van der Waals surface area contributed by atoms with Crippen LogP contribution in [0.1, 0.15) is 25.0 Å². The lowest BCUT2D eigenvalue weighted by molar-refractivity contribution is -0.132. The Balaban J connectivity index is 1.71. The molecule has 1 aliphatic rings.